The summed E-state index contributed by atoms with van der Waals surface area (Å²) in [5.41, 5.74) is 1.68. The summed E-state index contributed by atoms with van der Waals surface area (Å²) in [6.07, 6.45) is -2.50. The van der Waals surface area contributed by atoms with Crippen molar-refractivity contribution >= 4 is 17.7 Å². The Labute approximate surface area is 188 Å². The fourth-order valence-corrected chi connectivity index (χ4v) is 4.52. The standard InChI is InChI=1S/C24H30O6S/c1-4-31-24-22(29-16-18-13-9-6-10-14-18)20(28-15-17-11-7-5-8-12-17)19(26-2)21(30-24)23(25)27-3/h5-14,19-22,24H,4,15-16H2,1-3H3/t19-,20-,21-,22+,24-/m0/s1. The van der Waals surface area contributed by atoms with Crippen LogP contribution in [0.5, 0.6) is 0 Å². The molecule has 1 fully saturated rings. The number of carbonyl (C=O) groups excluding carboxylic acids is 1. The van der Waals surface area contributed by atoms with E-state index in [1.54, 1.807) is 18.9 Å². The Bertz CT molecular complexity index is 787. The van der Waals surface area contributed by atoms with E-state index in [2.05, 4.69) is 0 Å². The summed E-state index contributed by atoms with van der Waals surface area (Å²) in [4.78, 5) is 12.5. The van der Waals surface area contributed by atoms with Crippen LogP contribution in [0.2, 0.25) is 0 Å². The van der Waals surface area contributed by atoms with Crippen molar-refractivity contribution in [1.82, 2.24) is 0 Å². The fraction of sp³-hybridized carbons (Fsp3) is 0.458. The summed E-state index contributed by atoms with van der Waals surface area (Å²) < 4.78 is 29.4. The molecule has 2 aromatic carbocycles. The minimum Gasteiger partial charge on any atom is -0.467 e. The third-order valence-corrected chi connectivity index (χ3v) is 6.14. The topological polar surface area (TPSA) is 63.2 Å². The van der Waals surface area contributed by atoms with Gasteiger partial charge in [0.25, 0.3) is 0 Å². The quantitative estimate of drug-likeness (QED) is 0.514. The molecule has 0 amide bonds. The summed E-state index contributed by atoms with van der Waals surface area (Å²) >= 11 is 1.57. The molecule has 5 atom stereocenters. The van der Waals surface area contributed by atoms with Gasteiger partial charge in [-0.2, -0.15) is 0 Å². The normalized spacial score (nSPS) is 25.8. The van der Waals surface area contributed by atoms with Gasteiger partial charge in [0.15, 0.2) is 6.10 Å². The number of hydrogen-bond donors (Lipinski definition) is 0. The number of hydrogen-bond acceptors (Lipinski definition) is 7. The zero-order chi connectivity index (χ0) is 22.1. The van der Waals surface area contributed by atoms with Gasteiger partial charge in [-0.1, -0.05) is 67.6 Å². The number of benzene rings is 2. The summed E-state index contributed by atoms with van der Waals surface area (Å²) in [5, 5.41) is 0. The molecule has 0 spiro atoms. The average Bonchev–Trinajstić information content (AvgIpc) is 2.82. The zero-order valence-corrected chi connectivity index (χ0v) is 19.0. The van der Waals surface area contributed by atoms with Crippen molar-refractivity contribution in [3.63, 3.8) is 0 Å². The molecule has 3 rings (SSSR count). The lowest BCUT2D eigenvalue weighted by Crippen LogP contribution is -2.61. The maximum absolute atomic E-state index is 12.5. The molecule has 1 saturated heterocycles. The molecule has 7 heteroatoms. The number of thioether (sulfide) groups is 1. The highest BCUT2D eigenvalue weighted by molar-refractivity contribution is 7.99. The van der Waals surface area contributed by atoms with Gasteiger partial charge in [-0.15, -0.1) is 11.8 Å². The Balaban J connectivity index is 1.85. The zero-order valence-electron chi connectivity index (χ0n) is 18.1. The van der Waals surface area contributed by atoms with E-state index < -0.39 is 35.8 Å². The minimum atomic E-state index is -0.892. The van der Waals surface area contributed by atoms with Crippen LogP contribution in [0.4, 0.5) is 0 Å². The highest BCUT2D eigenvalue weighted by atomic mass is 32.2. The number of rotatable bonds is 10. The van der Waals surface area contributed by atoms with Crippen LogP contribution in [0.3, 0.4) is 0 Å². The third kappa shape index (κ3) is 6.30. The van der Waals surface area contributed by atoms with E-state index in [1.807, 2.05) is 67.6 Å². The van der Waals surface area contributed by atoms with Crippen LogP contribution in [0.25, 0.3) is 0 Å². The van der Waals surface area contributed by atoms with Crippen LogP contribution in [0.1, 0.15) is 18.1 Å². The number of ether oxygens (including phenoxy) is 5. The van der Waals surface area contributed by atoms with Gasteiger partial charge in [-0.3, -0.25) is 0 Å². The van der Waals surface area contributed by atoms with Crippen LogP contribution in [0.15, 0.2) is 60.7 Å². The van der Waals surface area contributed by atoms with Gasteiger partial charge in [0.1, 0.15) is 23.7 Å². The molecule has 1 aliphatic rings. The van der Waals surface area contributed by atoms with Crippen molar-refractivity contribution < 1.29 is 28.5 Å². The van der Waals surface area contributed by atoms with E-state index in [9.17, 15) is 4.79 Å². The first-order valence-corrected chi connectivity index (χ1v) is 11.4. The van der Waals surface area contributed by atoms with Gasteiger partial charge in [0, 0.05) is 7.11 Å². The molecule has 168 valence electrons. The Kier molecular flexibility index (Phi) is 9.36. The molecule has 0 bridgehead atoms. The maximum atomic E-state index is 12.5. The first-order chi connectivity index (χ1) is 15.2. The first-order valence-electron chi connectivity index (χ1n) is 10.4. The molecule has 0 aromatic heterocycles. The van der Waals surface area contributed by atoms with E-state index in [0.29, 0.717) is 13.2 Å². The van der Waals surface area contributed by atoms with Crippen LogP contribution >= 0.6 is 11.8 Å². The average molecular weight is 447 g/mol. The van der Waals surface area contributed by atoms with Crippen molar-refractivity contribution in [1.29, 1.82) is 0 Å². The molecule has 0 radical (unpaired) electrons. The molecule has 1 aliphatic heterocycles. The van der Waals surface area contributed by atoms with Crippen molar-refractivity contribution in [2.24, 2.45) is 0 Å². The maximum Gasteiger partial charge on any atom is 0.337 e. The predicted octanol–water partition coefficient (Wildman–Crippen LogP) is 3.82. The molecule has 6 nitrogen and oxygen atoms in total. The second-order valence-electron chi connectivity index (χ2n) is 7.13. The molecular formula is C24H30O6S. The fourth-order valence-electron chi connectivity index (χ4n) is 3.57. The summed E-state index contributed by atoms with van der Waals surface area (Å²) in [6, 6.07) is 19.8. The van der Waals surface area contributed by atoms with E-state index in [1.165, 1.54) is 7.11 Å². The lowest BCUT2D eigenvalue weighted by atomic mass is 9.98. The van der Waals surface area contributed by atoms with Gasteiger partial charge >= 0.3 is 5.97 Å². The van der Waals surface area contributed by atoms with E-state index in [4.69, 9.17) is 23.7 Å². The Morgan fingerprint density at radius 1 is 0.871 bits per heavy atom. The first kappa shape index (κ1) is 23.8. The van der Waals surface area contributed by atoms with Crippen molar-refractivity contribution in [3.8, 4) is 0 Å². The predicted molar refractivity (Wildman–Crippen MR) is 120 cm³/mol. The molecule has 0 unspecified atom stereocenters. The molecule has 2 aromatic rings. The largest absolute Gasteiger partial charge is 0.467 e. The van der Waals surface area contributed by atoms with Crippen molar-refractivity contribution in [3.05, 3.63) is 71.8 Å². The summed E-state index contributed by atoms with van der Waals surface area (Å²) in [7, 11) is 2.89. The molecule has 1 heterocycles. The Morgan fingerprint density at radius 2 is 1.42 bits per heavy atom. The van der Waals surface area contributed by atoms with Crippen LogP contribution in [-0.4, -0.2) is 55.8 Å². The number of methoxy groups -OCH3 is 2. The lowest BCUT2D eigenvalue weighted by Gasteiger charge is -2.44. The van der Waals surface area contributed by atoms with Crippen molar-refractivity contribution in [2.45, 2.75) is 50.0 Å². The smallest absolute Gasteiger partial charge is 0.337 e. The molecule has 31 heavy (non-hydrogen) atoms. The summed E-state index contributed by atoms with van der Waals surface area (Å²) in [5.74, 6) is 0.315. The van der Waals surface area contributed by atoms with E-state index >= 15 is 0 Å². The highest BCUT2D eigenvalue weighted by Gasteiger charge is 2.51. The number of esters is 1. The molecule has 0 saturated carbocycles. The van der Waals surface area contributed by atoms with Crippen LogP contribution in [-0.2, 0) is 41.7 Å². The second-order valence-corrected chi connectivity index (χ2v) is 8.50. The van der Waals surface area contributed by atoms with Gasteiger partial charge in [-0.25, -0.2) is 4.79 Å². The third-order valence-electron chi connectivity index (χ3n) is 5.10. The molecular weight excluding hydrogens is 416 g/mol. The van der Waals surface area contributed by atoms with Gasteiger partial charge in [0.2, 0.25) is 0 Å². The second kappa shape index (κ2) is 12.2. The van der Waals surface area contributed by atoms with E-state index in [-0.39, 0.29) is 0 Å². The highest BCUT2D eigenvalue weighted by Crippen LogP contribution is 2.34. The van der Waals surface area contributed by atoms with Gasteiger partial charge in [0.05, 0.1) is 20.3 Å². The number of carbonyl (C=O) groups is 1. The van der Waals surface area contributed by atoms with E-state index in [0.717, 1.165) is 16.9 Å². The van der Waals surface area contributed by atoms with Crippen LogP contribution < -0.4 is 0 Å². The SMILES string of the molecule is CCS[C@@H]1O[C@H](C(=O)OC)[C@@H](OC)[C@H](OCc2ccccc2)[C@H]1OCc1ccccc1. The molecule has 0 aliphatic carbocycles. The lowest BCUT2D eigenvalue weighted by molar-refractivity contribution is -0.241. The van der Waals surface area contributed by atoms with Crippen molar-refractivity contribution in [2.75, 3.05) is 20.0 Å². The van der Waals surface area contributed by atoms with Gasteiger partial charge < -0.3 is 23.7 Å². The Hall–Kier alpha value is -1.90. The monoisotopic (exact) mass is 446 g/mol. The molecule has 0 N–H and O–H groups in total. The van der Waals surface area contributed by atoms with Gasteiger partial charge in [-0.05, 0) is 16.9 Å². The Morgan fingerprint density at radius 3 is 1.90 bits per heavy atom. The summed E-state index contributed by atoms with van der Waals surface area (Å²) in [6.45, 7) is 2.81. The minimum absolute atomic E-state index is 0.369. The van der Waals surface area contributed by atoms with Crippen LogP contribution in [0, 0.1) is 0 Å².